The van der Waals surface area contributed by atoms with Gasteiger partial charge in [-0.2, -0.15) is 0 Å². The van der Waals surface area contributed by atoms with Crippen LogP contribution in [0.3, 0.4) is 0 Å². The SMILES string of the molecule is CC1CC(C)CN(CCCNC(=O)c2ccc(-c3ccccc3)cc2)C1. The number of hydrogen-bond donors (Lipinski definition) is 1. The van der Waals surface area contributed by atoms with Gasteiger partial charge < -0.3 is 10.2 Å². The van der Waals surface area contributed by atoms with Gasteiger partial charge >= 0.3 is 0 Å². The van der Waals surface area contributed by atoms with Gasteiger partial charge in [0.25, 0.3) is 5.91 Å². The molecule has 138 valence electrons. The Morgan fingerprint density at radius 1 is 0.962 bits per heavy atom. The van der Waals surface area contributed by atoms with E-state index in [1.54, 1.807) is 0 Å². The summed E-state index contributed by atoms with van der Waals surface area (Å²) in [5, 5.41) is 3.05. The third-order valence-electron chi connectivity index (χ3n) is 5.14. The number of piperidine rings is 1. The second-order valence-electron chi connectivity index (χ2n) is 7.76. The number of nitrogens with one attached hydrogen (secondary N) is 1. The first-order valence-electron chi connectivity index (χ1n) is 9.78. The molecule has 0 bridgehead atoms. The number of carbonyl (C=O) groups is 1. The largest absolute Gasteiger partial charge is 0.352 e. The average molecular weight is 351 g/mol. The molecule has 2 unspecified atom stereocenters. The Labute approximate surface area is 157 Å². The van der Waals surface area contributed by atoms with E-state index in [0.29, 0.717) is 0 Å². The van der Waals surface area contributed by atoms with Crippen molar-refractivity contribution in [2.45, 2.75) is 26.7 Å². The predicted molar refractivity (Wildman–Crippen MR) is 108 cm³/mol. The standard InChI is InChI=1S/C23H30N2O/c1-18-15-19(2)17-25(16-18)14-6-13-24-23(26)22-11-9-21(10-12-22)20-7-4-3-5-8-20/h3-5,7-12,18-19H,6,13-17H2,1-2H3,(H,24,26). The van der Waals surface area contributed by atoms with Crippen LogP contribution >= 0.6 is 0 Å². The smallest absolute Gasteiger partial charge is 0.251 e. The summed E-state index contributed by atoms with van der Waals surface area (Å²) >= 11 is 0. The maximum atomic E-state index is 12.3. The number of hydrogen-bond acceptors (Lipinski definition) is 2. The summed E-state index contributed by atoms with van der Waals surface area (Å²) in [6.45, 7) is 8.87. The van der Waals surface area contributed by atoms with Gasteiger partial charge in [-0.15, -0.1) is 0 Å². The van der Waals surface area contributed by atoms with Crippen molar-refractivity contribution >= 4 is 5.91 Å². The molecular weight excluding hydrogens is 320 g/mol. The zero-order chi connectivity index (χ0) is 18.4. The third kappa shape index (κ3) is 5.18. The van der Waals surface area contributed by atoms with E-state index >= 15 is 0 Å². The number of amides is 1. The molecule has 3 heteroatoms. The van der Waals surface area contributed by atoms with Crippen LogP contribution in [0, 0.1) is 11.8 Å². The summed E-state index contributed by atoms with van der Waals surface area (Å²) in [5.41, 5.74) is 3.03. The molecule has 1 heterocycles. The minimum Gasteiger partial charge on any atom is -0.352 e. The minimum atomic E-state index is 0.0185. The molecule has 0 spiro atoms. The molecule has 2 atom stereocenters. The van der Waals surface area contributed by atoms with Gasteiger partial charge in [0.2, 0.25) is 0 Å². The molecule has 1 N–H and O–H groups in total. The first-order valence-corrected chi connectivity index (χ1v) is 9.78. The van der Waals surface area contributed by atoms with E-state index in [2.05, 4.69) is 36.2 Å². The molecule has 1 saturated heterocycles. The Morgan fingerprint density at radius 3 is 2.23 bits per heavy atom. The van der Waals surface area contributed by atoms with Crippen molar-refractivity contribution in [3.05, 3.63) is 60.2 Å². The Hall–Kier alpha value is -2.13. The molecule has 0 aromatic heterocycles. The molecule has 1 fully saturated rings. The number of rotatable bonds is 6. The number of nitrogens with zero attached hydrogens (tertiary/aromatic N) is 1. The monoisotopic (exact) mass is 350 g/mol. The van der Waals surface area contributed by atoms with Crippen LogP contribution in [0.2, 0.25) is 0 Å². The second kappa shape index (κ2) is 9.00. The quantitative estimate of drug-likeness (QED) is 0.781. The molecule has 3 rings (SSSR count). The van der Waals surface area contributed by atoms with E-state index < -0.39 is 0 Å². The van der Waals surface area contributed by atoms with Crippen molar-refractivity contribution in [2.75, 3.05) is 26.2 Å². The van der Waals surface area contributed by atoms with E-state index in [-0.39, 0.29) is 5.91 Å². The Morgan fingerprint density at radius 2 is 1.58 bits per heavy atom. The van der Waals surface area contributed by atoms with Crippen LogP contribution in [0.25, 0.3) is 11.1 Å². The maximum absolute atomic E-state index is 12.3. The number of carbonyl (C=O) groups excluding carboxylic acids is 1. The van der Waals surface area contributed by atoms with Gasteiger partial charge in [-0.3, -0.25) is 4.79 Å². The summed E-state index contributed by atoms with van der Waals surface area (Å²) in [6, 6.07) is 18.1. The molecule has 2 aromatic carbocycles. The Balaban J connectivity index is 1.43. The van der Waals surface area contributed by atoms with Crippen molar-refractivity contribution in [3.8, 4) is 11.1 Å². The van der Waals surface area contributed by atoms with Crippen LogP contribution in [-0.2, 0) is 0 Å². The van der Waals surface area contributed by atoms with Crippen LogP contribution in [0.1, 0.15) is 37.0 Å². The van der Waals surface area contributed by atoms with Crippen molar-refractivity contribution in [2.24, 2.45) is 11.8 Å². The topological polar surface area (TPSA) is 32.3 Å². The average Bonchev–Trinajstić information content (AvgIpc) is 2.65. The van der Waals surface area contributed by atoms with Crippen molar-refractivity contribution in [1.82, 2.24) is 10.2 Å². The predicted octanol–water partition coefficient (Wildman–Crippen LogP) is 4.45. The fourth-order valence-corrected chi connectivity index (χ4v) is 4.03. The van der Waals surface area contributed by atoms with E-state index in [4.69, 9.17) is 0 Å². The molecule has 0 radical (unpaired) electrons. The van der Waals surface area contributed by atoms with Crippen LogP contribution in [0.4, 0.5) is 0 Å². The molecule has 26 heavy (non-hydrogen) atoms. The minimum absolute atomic E-state index is 0.0185. The van der Waals surface area contributed by atoms with E-state index in [9.17, 15) is 4.79 Å². The highest BCUT2D eigenvalue weighted by Gasteiger charge is 2.21. The lowest BCUT2D eigenvalue weighted by molar-refractivity contribution is 0.0947. The van der Waals surface area contributed by atoms with Gasteiger partial charge in [0.15, 0.2) is 0 Å². The first-order chi connectivity index (χ1) is 12.6. The van der Waals surface area contributed by atoms with Gasteiger partial charge in [-0.05, 0) is 54.5 Å². The normalized spacial score (nSPS) is 20.7. The lowest BCUT2D eigenvalue weighted by Crippen LogP contribution is -2.40. The molecule has 3 nitrogen and oxygen atoms in total. The molecule has 2 aromatic rings. The van der Waals surface area contributed by atoms with Crippen LogP contribution < -0.4 is 5.32 Å². The van der Waals surface area contributed by atoms with Crippen LogP contribution in [0.5, 0.6) is 0 Å². The summed E-state index contributed by atoms with van der Waals surface area (Å²) in [4.78, 5) is 14.9. The van der Waals surface area contributed by atoms with Gasteiger partial charge in [0.1, 0.15) is 0 Å². The zero-order valence-electron chi connectivity index (χ0n) is 15.9. The molecule has 1 amide bonds. The summed E-state index contributed by atoms with van der Waals surface area (Å²) in [7, 11) is 0. The fourth-order valence-electron chi connectivity index (χ4n) is 4.03. The number of likely N-dealkylation sites (tertiary alicyclic amines) is 1. The maximum Gasteiger partial charge on any atom is 0.251 e. The summed E-state index contributed by atoms with van der Waals surface area (Å²) in [5.74, 6) is 1.60. The van der Waals surface area contributed by atoms with Crippen molar-refractivity contribution in [1.29, 1.82) is 0 Å². The molecule has 1 aliphatic rings. The molecule has 1 aliphatic heterocycles. The highest BCUT2D eigenvalue weighted by atomic mass is 16.1. The highest BCUT2D eigenvalue weighted by Crippen LogP contribution is 2.21. The van der Waals surface area contributed by atoms with Crippen LogP contribution in [0.15, 0.2) is 54.6 Å². The van der Waals surface area contributed by atoms with E-state index in [1.807, 2.05) is 42.5 Å². The van der Waals surface area contributed by atoms with Gasteiger partial charge in [0.05, 0.1) is 0 Å². The number of benzene rings is 2. The molecule has 0 aliphatic carbocycles. The van der Waals surface area contributed by atoms with Crippen LogP contribution in [-0.4, -0.2) is 37.0 Å². The van der Waals surface area contributed by atoms with Crippen molar-refractivity contribution in [3.63, 3.8) is 0 Å². The van der Waals surface area contributed by atoms with Gasteiger partial charge in [0, 0.05) is 25.2 Å². The van der Waals surface area contributed by atoms with Gasteiger partial charge in [-0.25, -0.2) is 0 Å². The second-order valence-corrected chi connectivity index (χ2v) is 7.76. The third-order valence-corrected chi connectivity index (χ3v) is 5.14. The molecule has 0 saturated carbocycles. The van der Waals surface area contributed by atoms with Crippen molar-refractivity contribution < 1.29 is 4.79 Å². The summed E-state index contributed by atoms with van der Waals surface area (Å²) in [6.07, 6.45) is 2.35. The van der Waals surface area contributed by atoms with E-state index in [0.717, 1.165) is 42.5 Å². The van der Waals surface area contributed by atoms with Gasteiger partial charge in [-0.1, -0.05) is 56.3 Å². The van der Waals surface area contributed by atoms with E-state index in [1.165, 1.54) is 25.1 Å². The molecular formula is C23H30N2O. The lowest BCUT2D eigenvalue weighted by atomic mass is 9.92. The Kier molecular flexibility index (Phi) is 6.45. The fraction of sp³-hybridized carbons (Fsp3) is 0.435. The zero-order valence-corrected chi connectivity index (χ0v) is 15.9. The highest BCUT2D eigenvalue weighted by molar-refractivity contribution is 5.94. The lowest BCUT2D eigenvalue weighted by Gasteiger charge is -2.34. The summed E-state index contributed by atoms with van der Waals surface area (Å²) < 4.78 is 0. The Bertz CT molecular complexity index is 686. The first kappa shape index (κ1) is 18.7.